The van der Waals surface area contributed by atoms with E-state index in [0.29, 0.717) is 0 Å². The van der Waals surface area contributed by atoms with Crippen LogP contribution in [0.1, 0.15) is 10.4 Å². The summed E-state index contributed by atoms with van der Waals surface area (Å²) >= 11 is 0. The van der Waals surface area contributed by atoms with Crippen molar-refractivity contribution in [1.82, 2.24) is 4.41 Å². The summed E-state index contributed by atoms with van der Waals surface area (Å²) in [7, 11) is -4.32. The molecule has 11 heteroatoms. The number of rotatable bonds is 7. The molecule has 2 rings (SSSR count). The first-order chi connectivity index (χ1) is 12.3. The molecule has 26 heavy (non-hydrogen) atoms. The molecule has 0 radical (unpaired) electrons. The molecule has 0 saturated carbocycles. The monoisotopic (exact) mass is 381 g/mol. The number of carboxylic acids is 1. The molecular formula is C15H15N3O7S. The molecule has 0 amide bonds. The zero-order chi connectivity index (χ0) is 19.3. The van der Waals surface area contributed by atoms with Gasteiger partial charge in [-0.05, 0) is 30.3 Å². The van der Waals surface area contributed by atoms with E-state index in [1.807, 2.05) is 0 Å². The fraction of sp³-hybridized carbons (Fsp3) is 0.133. The fourth-order valence-corrected chi connectivity index (χ4v) is 3.13. The Morgan fingerprint density at radius 2 is 1.81 bits per heavy atom. The maximum atomic E-state index is 12.6. The first-order valence-corrected chi connectivity index (χ1v) is 8.57. The molecule has 0 aliphatic rings. The number of phenols is 1. The smallest absolute Gasteiger partial charge is 0.339 e. The number of benzene rings is 2. The third-order valence-corrected chi connectivity index (χ3v) is 4.84. The molecular weight excluding hydrogens is 366 g/mol. The first kappa shape index (κ1) is 19.3. The molecule has 2 aromatic carbocycles. The van der Waals surface area contributed by atoms with E-state index in [0.717, 1.165) is 12.1 Å². The Bertz CT molecular complexity index is 916. The van der Waals surface area contributed by atoms with Gasteiger partial charge < -0.3 is 20.4 Å². The summed E-state index contributed by atoms with van der Waals surface area (Å²) < 4.78 is 25.3. The predicted octanol–water partition coefficient (Wildman–Crippen LogP) is 1.09. The van der Waals surface area contributed by atoms with Crippen LogP contribution in [-0.4, -0.2) is 52.1 Å². The van der Waals surface area contributed by atoms with Gasteiger partial charge in [-0.15, -0.1) is 9.53 Å². The zero-order valence-corrected chi connectivity index (χ0v) is 14.0. The lowest BCUT2D eigenvalue weighted by Gasteiger charge is -2.21. The fourth-order valence-electron chi connectivity index (χ4n) is 1.89. The van der Waals surface area contributed by atoms with Gasteiger partial charge in [0, 0.05) is 0 Å². The van der Waals surface area contributed by atoms with Crippen LogP contribution in [0.5, 0.6) is 5.75 Å². The minimum Gasteiger partial charge on any atom is -0.507 e. The van der Waals surface area contributed by atoms with Crippen LogP contribution in [0.3, 0.4) is 0 Å². The van der Waals surface area contributed by atoms with Crippen LogP contribution in [-0.2, 0) is 10.0 Å². The molecule has 4 N–H and O–H groups in total. The summed E-state index contributed by atoms with van der Waals surface area (Å²) in [6, 6.07) is 10.3. The van der Waals surface area contributed by atoms with E-state index in [-0.39, 0.29) is 15.0 Å². The highest BCUT2D eigenvalue weighted by Gasteiger charge is 2.29. The van der Waals surface area contributed by atoms with E-state index in [1.165, 1.54) is 30.3 Å². The zero-order valence-electron chi connectivity index (χ0n) is 13.2. The Labute approximate surface area is 148 Å². The number of hydrogen-bond acceptors (Lipinski definition) is 8. The van der Waals surface area contributed by atoms with Crippen molar-refractivity contribution in [2.24, 2.45) is 10.3 Å². The number of sulfonamides is 1. The van der Waals surface area contributed by atoms with E-state index in [4.69, 9.17) is 10.2 Å². The lowest BCUT2D eigenvalue weighted by molar-refractivity contribution is 0.00937. The Balaban J connectivity index is 2.42. The van der Waals surface area contributed by atoms with E-state index >= 15 is 0 Å². The largest absolute Gasteiger partial charge is 0.507 e. The van der Waals surface area contributed by atoms with Crippen LogP contribution in [0.25, 0.3) is 0 Å². The molecule has 138 valence electrons. The Kier molecular flexibility index (Phi) is 5.87. The van der Waals surface area contributed by atoms with Gasteiger partial charge in [0.15, 0.2) is 6.23 Å². The van der Waals surface area contributed by atoms with Crippen molar-refractivity contribution in [2.75, 3.05) is 6.61 Å². The third kappa shape index (κ3) is 4.14. The number of nitrogens with zero attached hydrogens (tertiary/aromatic N) is 3. The number of carboxylic acid groups (broad SMARTS) is 1. The Hall–Kier alpha value is -3.02. The SMILES string of the molecule is O=C(O)c1cc(N=NN(C(O)CO)S(=O)(=O)c2ccccc2)ccc1O. The maximum Gasteiger partial charge on any atom is 0.339 e. The van der Waals surface area contributed by atoms with Crippen LogP contribution >= 0.6 is 0 Å². The van der Waals surface area contributed by atoms with Crippen LogP contribution in [0, 0.1) is 0 Å². The summed E-state index contributed by atoms with van der Waals surface area (Å²) in [6.07, 6.45) is -1.90. The van der Waals surface area contributed by atoms with Gasteiger partial charge in [0.2, 0.25) is 0 Å². The topological polar surface area (TPSA) is 160 Å². The summed E-state index contributed by atoms with van der Waals surface area (Å²) in [5, 5.41) is 44.3. The van der Waals surface area contributed by atoms with E-state index < -0.39 is 40.1 Å². The van der Waals surface area contributed by atoms with E-state index in [9.17, 15) is 23.4 Å². The van der Waals surface area contributed by atoms with Crippen molar-refractivity contribution >= 4 is 21.7 Å². The predicted molar refractivity (Wildman–Crippen MR) is 88.1 cm³/mol. The van der Waals surface area contributed by atoms with Crippen LogP contribution in [0.15, 0.2) is 63.8 Å². The summed E-state index contributed by atoms with van der Waals surface area (Å²) in [5.74, 6) is -1.91. The lowest BCUT2D eigenvalue weighted by Crippen LogP contribution is -2.38. The third-order valence-electron chi connectivity index (χ3n) is 3.16. The van der Waals surface area contributed by atoms with Crippen molar-refractivity contribution in [1.29, 1.82) is 0 Å². The molecule has 2 aromatic rings. The minimum atomic E-state index is -4.32. The maximum absolute atomic E-state index is 12.6. The number of carbonyl (C=O) groups is 1. The quantitative estimate of drug-likeness (QED) is 0.317. The molecule has 0 spiro atoms. The number of hydrogen-bond donors (Lipinski definition) is 4. The van der Waals surface area contributed by atoms with Gasteiger partial charge in [-0.25, -0.2) is 4.79 Å². The van der Waals surface area contributed by atoms with Crippen LogP contribution in [0.2, 0.25) is 0 Å². The van der Waals surface area contributed by atoms with Gasteiger partial charge >= 0.3 is 5.97 Å². The first-order valence-electron chi connectivity index (χ1n) is 7.13. The summed E-state index contributed by atoms with van der Waals surface area (Å²) in [4.78, 5) is 10.8. The van der Waals surface area contributed by atoms with E-state index in [2.05, 4.69) is 10.3 Å². The van der Waals surface area contributed by atoms with Gasteiger partial charge in [-0.2, -0.15) is 8.42 Å². The second-order valence-corrected chi connectivity index (χ2v) is 6.75. The summed E-state index contributed by atoms with van der Waals surface area (Å²) in [6.45, 7) is -0.943. The second-order valence-electron chi connectivity index (χ2n) is 4.95. The molecule has 0 aromatic heterocycles. The normalized spacial score (nSPS) is 12.8. The van der Waals surface area contributed by atoms with Crippen LogP contribution in [0.4, 0.5) is 5.69 Å². The van der Waals surface area contributed by atoms with Gasteiger partial charge in [0.25, 0.3) is 10.0 Å². The van der Waals surface area contributed by atoms with Gasteiger partial charge in [0.1, 0.15) is 11.3 Å². The Morgan fingerprint density at radius 3 is 2.38 bits per heavy atom. The minimum absolute atomic E-state index is 0.0846. The number of aliphatic hydroxyl groups excluding tert-OH is 2. The van der Waals surface area contributed by atoms with Gasteiger partial charge in [0.05, 0.1) is 17.2 Å². The molecule has 0 fully saturated rings. The molecule has 0 aliphatic carbocycles. The van der Waals surface area contributed by atoms with Gasteiger partial charge in [-0.3, -0.25) is 0 Å². The van der Waals surface area contributed by atoms with Crippen molar-refractivity contribution < 1.29 is 33.6 Å². The number of aliphatic hydroxyl groups is 2. The van der Waals surface area contributed by atoms with Crippen molar-refractivity contribution in [2.45, 2.75) is 11.1 Å². The molecule has 1 atom stereocenters. The van der Waals surface area contributed by atoms with Crippen LogP contribution < -0.4 is 0 Å². The summed E-state index contributed by atoms with van der Waals surface area (Å²) in [5.41, 5.74) is -0.541. The highest BCUT2D eigenvalue weighted by atomic mass is 32.2. The molecule has 0 heterocycles. The van der Waals surface area contributed by atoms with Gasteiger partial charge in [-0.1, -0.05) is 23.4 Å². The number of aromatic hydroxyl groups is 1. The molecule has 0 aliphatic heterocycles. The lowest BCUT2D eigenvalue weighted by atomic mass is 10.2. The standard InChI is InChI=1S/C15H15N3O7S/c19-9-14(21)18(26(24,25)11-4-2-1-3-5-11)17-16-10-6-7-13(20)12(8-10)15(22)23/h1-8,14,19-21H,9H2,(H,22,23). The average molecular weight is 381 g/mol. The van der Waals surface area contributed by atoms with Crippen molar-refractivity contribution in [3.05, 3.63) is 54.1 Å². The van der Waals surface area contributed by atoms with Crippen molar-refractivity contribution in [3.63, 3.8) is 0 Å². The highest BCUT2D eigenvalue weighted by molar-refractivity contribution is 7.89. The second kappa shape index (κ2) is 7.91. The Morgan fingerprint density at radius 1 is 1.15 bits per heavy atom. The highest BCUT2D eigenvalue weighted by Crippen LogP contribution is 2.25. The average Bonchev–Trinajstić information content (AvgIpc) is 2.63. The molecule has 1 unspecified atom stereocenters. The molecule has 10 nitrogen and oxygen atoms in total. The molecule has 0 saturated heterocycles. The molecule has 0 bridgehead atoms. The van der Waals surface area contributed by atoms with E-state index in [1.54, 1.807) is 6.07 Å². The van der Waals surface area contributed by atoms with Crippen molar-refractivity contribution in [3.8, 4) is 5.75 Å². The number of aromatic carboxylic acids is 1.